The van der Waals surface area contributed by atoms with Crippen LogP contribution in [0.5, 0.6) is 11.5 Å². The van der Waals surface area contributed by atoms with E-state index in [-0.39, 0.29) is 25.9 Å². The number of carboxylic acids is 1. The van der Waals surface area contributed by atoms with Crippen LogP contribution in [0.4, 0.5) is 0 Å². The third-order valence-corrected chi connectivity index (χ3v) is 5.04. The van der Waals surface area contributed by atoms with Crippen LogP contribution in [-0.4, -0.2) is 59.5 Å². The lowest BCUT2D eigenvalue weighted by molar-refractivity contribution is -0.147. The number of ether oxygens (including phenoxy) is 3. The van der Waals surface area contributed by atoms with Crippen molar-refractivity contribution >= 4 is 23.2 Å². The van der Waals surface area contributed by atoms with Crippen LogP contribution in [-0.2, 0) is 9.53 Å². The van der Waals surface area contributed by atoms with E-state index in [4.69, 9.17) is 14.2 Å². The Morgan fingerprint density at radius 3 is 2.96 bits per heavy atom. The molecule has 2 aliphatic heterocycles. The summed E-state index contributed by atoms with van der Waals surface area (Å²) in [4.78, 5) is 30.0. The number of hydrogen-bond acceptors (Lipinski definition) is 7. The first-order valence-corrected chi connectivity index (χ1v) is 8.42. The Hall–Kier alpha value is -2.65. The quantitative estimate of drug-likeness (QED) is 0.883. The summed E-state index contributed by atoms with van der Waals surface area (Å²) in [5, 5.41) is 9.92. The minimum Gasteiger partial charge on any atom is -0.480 e. The Bertz CT molecular complexity index is 836. The van der Waals surface area contributed by atoms with E-state index < -0.39 is 12.0 Å². The van der Waals surface area contributed by atoms with E-state index in [1.807, 2.05) is 12.1 Å². The topological polar surface area (TPSA) is 98.2 Å². The number of carbonyl (C=O) groups is 2. The summed E-state index contributed by atoms with van der Waals surface area (Å²) in [5.41, 5.74) is 0.810. The van der Waals surface area contributed by atoms with Crippen LogP contribution in [0.3, 0.4) is 0 Å². The number of hydrogen-bond donors (Lipinski definition) is 1. The molecule has 0 aliphatic carbocycles. The number of fused-ring (bicyclic) bond motifs is 1. The second-order valence-corrected chi connectivity index (χ2v) is 6.56. The smallest absolute Gasteiger partial charge is 0.328 e. The van der Waals surface area contributed by atoms with E-state index in [0.717, 1.165) is 5.56 Å². The van der Waals surface area contributed by atoms with Gasteiger partial charge in [-0.25, -0.2) is 9.78 Å². The number of aliphatic carboxylic acids is 1. The van der Waals surface area contributed by atoms with Crippen LogP contribution in [0.1, 0.15) is 9.67 Å². The average Bonchev–Trinajstić information content (AvgIpc) is 3.29. The Labute approximate surface area is 146 Å². The molecule has 0 bridgehead atoms. The van der Waals surface area contributed by atoms with Crippen LogP contribution in [0.2, 0.25) is 0 Å². The molecule has 1 saturated heterocycles. The summed E-state index contributed by atoms with van der Waals surface area (Å²) in [6.45, 7) is 0.749. The molecule has 4 rings (SSSR count). The van der Waals surface area contributed by atoms with Crippen LogP contribution >= 0.6 is 11.3 Å². The van der Waals surface area contributed by atoms with Gasteiger partial charge in [0, 0.05) is 12.1 Å². The van der Waals surface area contributed by atoms with Gasteiger partial charge in [0.25, 0.3) is 5.91 Å². The number of carboxylic acid groups (broad SMARTS) is 1. The standard InChI is InChI=1S/C16H14N2O6S/c19-15(18-3-4-22-7-10(18)16(20)21)13-6-17-14(25-13)9-1-2-11-12(5-9)24-8-23-11/h1-2,5-6,10H,3-4,7-8H2,(H,20,21)/t10-/m0/s1. The molecule has 9 heteroatoms. The van der Waals surface area contributed by atoms with E-state index in [0.29, 0.717) is 28.0 Å². The molecule has 1 aromatic heterocycles. The first-order chi connectivity index (χ1) is 12.1. The number of morpholine rings is 1. The van der Waals surface area contributed by atoms with E-state index in [9.17, 15) is 14.7 Å². The summed E-state index contributed by atoms with van der Waals surface area (Å²) >= 11 is 1.21. The largest absolute Gasteiger partial charge is 0.480 e. The minimum absolute atomic E-state index is 0.00506. The Morgan fingerprint density at radius 1 is 1.28 bits per heavy atom. The lowest BCUT2D eigenvalue weighted by Gasteiger charge is -2.32. The second kappa shape index (κ2) is 6.34. The fraction of sp³-hybridized carbons (Fsp3) is 0.312. The van der Waals surface area contributed by atoms with Crippen molar-refractivity contribution in [2.24, 2.45) is 0 Å². The molecule has 8 nitrogen and oxygen atoms in total. The zero-order valence-electron chi connectivity index (χ0n) is 13.0. The van der Waals surface area contributed by atoms with Gasteiger partial charge in [0.15, 0.2) is 17.5 Å². The highest BCUT2D eigenvalue weighted by Gasteiger charge is 2.34. The lowest BCUT2D eigenvalue weighted by atomic mass is 10.2. The molecule has 0 radical (unpaired) electrons. The summed E-state index contributed by atoms with van der Waals surface area (Å²) in [7, 11) is 0. The molecule has 2 aromatic rings. The molecule has 1 fully saturated rings. The van der Waals surface area contributed by atoms with E-state index in [1.165, 1.54) is 22.4 Å². The minimum atomic E-state index is -1.08. The van der Waals surface area contributed by atoms with E-state index in [2.05, 4.69) is 4.98 Å². The zero-order valence-corrected chi connectivity index (χ0v) is 13.8. The first kappa shape index (κ1) is 15.9. The molecule has 1 amide bonds. The number of amides is 1. The van der Waals surface area contributed by atoms with Gasteiger partial charge in [0.05, 0.1) is 19.4 Å². The number of rotatable bonds is 3. The summed E-state index contributed by atoms with van der Waals surface area (Å²) in [6.07, 6.45) is 1.47. The van der Waals surface area contributed by atoms with Crippen molar-refractivity contribution in [1.82, 2.24) is 9.88 Å². The lowest BCUT2D eigenvalue weighted by Crippen LogP contribution is -2.52. The third-order valence-electron chi connectivity index (χ3n) is 4.01. The maximum Gasteiger partial charge on any atom is 0.328 e. The Kier molecular flexibility index (Phi) is 4.02. The van der Waals surface area contributed by atoms with Crippen molar-refractivity contribution in [3.63, 3.8) is 0 Å². The highest BCUT2D eigenvalue weighted by atomic mass is 32.1. The molecule has 0 unspecified atom stereocenters. The number of aromatic nitrogens is 1. The predicted molar refractivity (Wildman–Crippen MR) is 87.0 cm³/mol. The van der Waals surface area contributed by atoms with Gasteiger partial charge in [-0.15, -0.1) is 11.3 Å². The third kappa shape index (κ3) is 2.92. The molecule has 2 aliphatic rings. The van der Waals surface area contributed by atoms with E-state index in [1.54, 1.807) is 6.07 Å². The van der Waals surface area contributed by atoms with Crippen molar-refractivity contribution in [2.75, 3.05) is 26.6 Å². The van der Waals surface area contributed by atoms with Crippen molar-refractivity contribution < 1.29 is 28.9 Å². The van der Waals surface area contributed by atoms with E-state index >= 15 is 0 Å². The molecule has 1 aromatic carbocycles. The van der Waals surface area contributed by atoms with Gasteiger partial charge in [-0.05, 0) is 18.2 Å². The van der Waals surface area contributed by atoms with Gasteiger partial charge >= 0.3 is 5.97 Å². The molecular weight excluding hydrogens is 348 g/mol. The molecule has 130 valence electrons. The van der Waals surface area contributed by atoms with Crippen LogP contribution in [0.25, 0.3) is 10.6 Å². The predicted octanol–water partition coefficient (Wildman–Crippen LogP) is 1.46. The highest BCUT2D eigenvalue weighted by Crippen LogP contribution is 2.37. The SMILES string of the molecule is O=C(O)[C@@H]1COCCN1C(=O)c1cnc(-c2ccc3c(c2)OCO3)s1. The highest BCUT2D eigenvalue weighted by molar-refractivity contribution is 7.16. The number of nitrogens with zero attached hydrogens (tertiary/aromatic N) is 2. The van der Waals surface area contributed by atoms with Gasteiger partial charge in [-0.3, -0.25) is 4.79 Å². The summed E-state index contributed by atoms with van der Waals surface area (Å²) < 4.78 is 15.8. The average molecular weight is 362 g/mol. The maximum atomic E-state index is 12.7. The van der Waals surface area contributed by atoms with Gasteiger partial charge < -0.3 is 24.2 Å². The molecule has 3 heterocycles. The van der Waals surface area contributed by atoms with Crippen molar-refractivity contribution in [3.8, 4) is 22.1 Å². The monoisotopic (exact) mass is 362 g/mol. The number of carbonyl (C=O) groups excluding carboxylic acids is 1. The molecule has 0 saturated carbocycles. The Balaban J connectivity index is 1.58. The van der Waals surface area contributed by atoms with Crippen molar-refractivity contribution in [1.29, 1.82) is 0 Å². The fourth-order valence-electron chi connectivity index (χ4n) is 2.73. The van der Waals surface area contributed by atoms with Gasteiger partial charge in [0.1, 0.15) is 9.88 Å². The normalized spacial score (nSPS) is 19.0. The van der Waals surface area contributed by atoms with Crippen LogP contribution in [0.15, 0.2) is 24.4 Å². The molecule has 25 heavy (non-hydrogen) atoms. The molecule has 1 N–H and O–H groups in total. The summed E-state index contributed by atoms with van der Waals surface area (Å²) in [5.74, 6) is -0.109. The number of thiazole rings is 1. The molecule has 1 atom stereocenters. The Morgan fingerprint density at radius 2 is 2.12 bits per heavy atom. The van der Waals surface area contributed by atoms with Crippen LogP contribution < -0.4 is 9.47 Å². The molecule has 0 spiro atoms. The van der Waals surface area contributed by atoms with Crippen LogP contribution in [0, 0.1) is 0 Å². The zero-order chi connectivity index (χ0) is 17.4. The fourth-order valence-corrected chi connectivity index (χ4v) is 3.60. The summed E-state index contributed by atoms with van der Waals surface area (Å²) in [6, 6.07) is 4.47. The van der Waals surface area contributed by atoms with Crippen molar-refractivity contribution in [2.45, 2.75) is 6.04 Å². The molecular formula is C16H14N2O6S. The van der Waals surface area contributed by atoms with Gasteiger partial charge in [-0.2, -0.15) is 0 Å². The van der Waals surface area contributed by atoms with Gasteiger partial charge in [0.2, 0.25) is 6.79 Å². The maximum absolute atomic E-state index is 12.7. The second-order valence-electron chi connectivity index (χ2n) is 5.53. The van der Waals surface area contributed by atoms with Crippen molar-refractivity contribution in [3.05, 3.63) is 29.3 Å². The van der Waals surface area contributed by atoms with Gasteiger partial charge in [-0.1, -0.05) is 0 Å². The first-order valence-electron chi connectivity index (χ1n) is 7.61. The number of benzene rings is 1.